The first kappa shape index (κ1) is 28.7. The molecule has 4 atom stereocenters. The number of nitrogens with two attached hydrogens (primary N) is 1. The van der Waals surface area contributed by atoms with Crippen LogP contribution in [-0.2, 0) is 23.4 Å². The Bertz CT molecular complexity index is 1710. The van der Waals surface area contributed by atoms with Gasteiger partial charge in [-0.2, -0.15) is 20.3 Å². The van der Waals surface area contributed by atoms with Crippen molar-refractivity contribution in [3.63, 3.8) is 0 Å². The summed E-state index contributed by atoms with van der Waals surface area (Å²) in [5.74, 6) is 1.13. The summed E-state index contributed by atoms with van der Waals surface area (Å²) in [5.41, 5.74) is 12.4. The fourth-order valence-corrected chi connectivity index (χ4v) is 8.80. The molecule has 236 valence electrons. The number of nitrogen functional groups attached to an aromatic ring is 1. The third-order valence-corrected chi connectivity index (χ3v) is 11.1. The van der Waals surface area contributed by atoms with Gasteiger partial charge in [0.2, 0.25) is 0 Å². The van der Waals surface area contributed by atoms with Gasteiger partial charge in [-0.15, -0.1) is 0 Å². The Labute approximate surface area is 263 Å². The Balaban J connectivity index is 1.16. The average molecular weight is 613 g/mol. The summed E-state index contributed by atoms with van der Waals surface area (Å²) in [6.07, 6.45) is 3.86. The summed E-state index contributed by atoms with van der Waals surface area (Å²) >= 11 is 0. The van der Waals surface area contributed by atoms with E-state index in [1.807, 2.05) is 13.0 Å². The Morgan fingerprint density at radius 3 is 2.82 bits per heavy atom. The predicted molar refractivity (Wildman–Crippen MR) is 167 cm³/mol. The van der Waals surface area contributed by atoms with E-state index in [2.05, 4.69) is 46.5 Å². The standard InChI is InChI=1S/C34H41FN8O2/c1-20-7-9-34(30-25(20)5-6-28(37)26(30)14-36)13-29-27(18-45-34)31(41-16-24(17-41)43-22(3)11-21(2)40-43)39-32(38-29)44-19-33-8-4-10-42(33)15-23(35)12-33/h5-6,11,20,23-24H,4,7-10,12-13,15-19,37H2,1-3H3. The number of ether oxygens (including phenoxy) is 2. The molecule has 0 saturated carbocycles. The Morgan fingerprint density at radius 2 is 2.04 bits per heavy atom. The van der Waals surface area contributed by atoms with Crippen LogP contribution < -0.4 is 15.4 Å². The molecule has 0 amide bonds. The number of benzene rings is 1. The van der Waals surface area contributed by atoms with Crippen molar-refractivity contribution in [3.8, 4) is 12.1 Å². The van der Waals surface area contributed by atoms with Crippen molar-refractivity contribution >= 4 is 11.5 Å². The number of nitrogens with zero attached hydrogens (tertiary/aromatic N) is 7. The molecule has 5 aliphatic rings. The molecule has 3 saturated heterocycles. The van der Waals surface area contributed by atoms with Crippen molar-refractivity contribution in [2.45, 2.75) is 95.2 Å². The van der Waals surface area contributed by atoms with Crippen LogP contribution >= 0.6 is 0 Å². The zero-order valence-corrected chi connectivity index (χ0v) is 26.4. The third kappa shape index (κ3) is 4.51. The smallest absolute Gasteiger partial charge is 0.318 e. The van der Waals surface area contributed by atoms with Crippen LogP contribution in [0.3, 0.4) is 0 Å². The normalized spacial score (nSPS) is 29.3. The van der Waals surface area contributed by atoms with Crippen molar-refractivity contribution < 1.29 is 13.9 Å². The number of nitriles is 1. The molecule has 0 bridgehead atoms. The number of aryl methyl sites for hydroxylation is 2. The van der Waals surface area contributed by atoms with Gasteiger partial charge in [0.05, 0.1) is 35.1 Å². The highest BCUT2D eigenvalue weighted by molar-refractivity contribution is 5.64. The summed E-state index contributed by atoms with van der Waals surface area (Å²) in [4.78, 5) is 14.5. The van der Waals surface area contributed by atoms with Gasteiger partial charge in [-0.05, 0) is 69.7 Å². The highest BCUT2D eigenvalue weighted by Crippen LogP contribution is 2.51. The summed E-state index contributed by atoms with van der Waals surface area (Å²) in [6, 6.07) is 8.98. The van der Waals surface area contributed by atoms with Gasteiger partial charge in [-0.1, -0.05) is 13.0 Å². The van der Waals surface area contributed by atoms with E-state index in [4.69, 9.17) is 30.3 Å². The molecule has 45 heavy (non-hydrogen) atoms. The molecule has 2 N–H and O–H groups in total. The van der Waals surface area contributed by atoms with Gasteiger partial charge in [0.15, 0.2) is 0 Å². The second-order valence-corrected chi connectivity index (χ2v) is 14.1. The van der Waals surface area contributed by atoms with Gasteiger partial charge in [0.25, 0.3) is 0 Å². The van der Waals surface area contributed by atoms with Crippen molar-refractivity contribution in [2.24, 2.45) is 0 Å². The largest absolute Gasteiger partial charge is 0.461 e. The molecule has 6 heterocycles. The maximum atomic E-state index is 14.5. The van der Waals surface area contributed by atoms with E-state index in [0.29, 0.717) is 55.8 Å². The Kier molecular flexibility index (Phi) is 6.63. The molecule has 1 spiro atoms. The zero-order chi connectivity index (χ0) is 31.1. The topological polar surface area (TPSA) is 118 Å². The van der Waals surface area contributed by atoms with Crippen LogP contribution in [-0.4, -0.2) is 69.1 Å². The lowest BCUT2D eigenvalue weighted by atomic mass is 9.69. The predicted octanol–water partition coefficient (Wildman–Crippen LogP) is 4.63. The minimum absolute atomic E-state index is 0.253. The molecule has 11 heteroatoms. The zero-order valence-electron chi connectivity index (χ0n) is 26.4. The van der Waals surface area contributed by atoms with Gasteiger partial charge in [0.1, 0.15) is 30.3 Å². The van der Waals surface area contributed by atoms with Crippen molar-refractivity contribution in [1.29, 1.82) is 5.26 Å². The molecule has 4 aliphatic heterocycles. The van der Waals surface area contributed by atoms with E-state index in [1.54, 1.807) is 0 Å². The quantitative estimate of drug-likeness (QED) is 0.412. The van der Waals surface area contributed by atoms with Crippen molar-refractivity contribution in [1.82, 2.24) is 24.6 Å². The van der Waals surface area contributed by atoms with Crippen LogP contribution in [0, 0.1) is 25.2 Å². The molecule has 1 aromatic carbocycles. The lowest BCUT2D eigenvalue weighted by Gasteiger charge is -2.46. The molecular formula is C34H41FN8O2. The van der Waals surface area contributed by atoms with Crippen LogP contribution in [0.4, 0.5) is 15.9 Å². The Hall–Kier alpha value is -3.75. The molecule has 2 aromatic heterocycles. The fourth-order valence-electron chi connectivity index (χ4n) is 8.80. The second kappa shape index (κ2) is 10.4. The monoisotopic (exact) mass is 612 g/mol. The molecule has 10 nitrogen and oxygen atoms in total. The Morgan fingerprint density at radius 1 is 1.20 bits per heavy atom. The molecular weight excluding hydrogens is 571 g/mol. The van der Waals surface area contributed by atoms with E-state index in [0.717, 1.165) is 84.9 Å². The minimum atomic E-state index is -0.825. The molecule has 1 aliphatic carbocycles. The fraction of sp³-hybridized carbons (Fsp3) is 0.588. The number of fused-ring (bicyclic) bond motifs is 4. The highest BCUT2D eigenvalue weighted by Gasteiger charge is 2.50. The van der Waals surface area contributed by atoms with Gasteiger partial charge < -0.3 is 20.1 Å². The number of hydrogen-bond acceptors (Lipinski definition) is 9. The van der Waals surface area contributed by atoms with E-state index < -0.39 is 11.8 Å². The summed E-state index contributed by atoms with van der Waals surface area (Å²) in [6.45, 7) is 9.94. The number of alkyl halides is 1. The van der Waals surface area contributed by atoms with Crippen LogP contribution in [0.1, 0.15) is 90.3 Å². The number of aromatic nitrogens is 4. The maximum Gasteiger partial charge on any atom is 0.318 e. The average Bonchev–Trinajstić information content (AvgIpc) is 3.63. The summed E-state index contributed by atoms with van der Waals surface area (Å²) in [7, 11) is 0. The minimum Gasteiger partial charge on any atom is -0.461 e. The highest BCUT2D eigenvalue weighted by atomic mass is 19.1. The van der Waals surface area contributed by atoms with E-state index in [9.17, 15) is 9.65 Å². The first-order valence-corrected chi connectivity index (χ1v) is 16.3. The van der Waals surface area contributed by atoms with Crippen LogP contribution in [0.25, 0.3) is 0 Å². The van der Waals surface area contributed by atoms with Gasteiger partial charge in [0, 0.05) is 55.0 Å². The third-order valence-electron chi connectivity index (χ3n) is 11.1. The molecule has 4 unspecified atom stereocenters. The number of rotatable bonds is 5. The summed E-state index contributed by atoms with van der Waals surface area (Å²) in [5, 5.41) is 14.9. The van der Waals surface area contributed by atoms with Crippen molar-refractivity contribution in [2.75, 3.05) is 43.4 Å². The molecule has 0 radical (unpaired) electrons. The van der Waals surface area contributed by atoms with Crippen molar-refractivity contribution in [3.05, 3.63) is 57.5 Å². The van der Waals surface area contributed by atoms with Gasteiger partial charge >= 0.3 is 6.01 Å². The van der Waals surface area contributed by atoms with Gasteiger partial charge in [-0.25, -0.2) is 4.39 Å². The summed E-state index contributed by atoms with van der Waals surface area (Å²) < 4.78 is 29.9. The van der Waals surface area contributed by atoms with E-state index in [1.165, 1.54) is 0 Å². The molecule has 3 fully saturated rings. The van der Waals surface area contributed by atoms with Gasteiger partial charge in [-0.3, -0.25) is 9.58 Å². The van der Waals surface area contributed by atoms with Crippen LogP contribution in [0.5, 0.6) is 6.01 Å². The molecule has 3 aromatic rings. The number of hydrogen-bond donors (Lipinski definition) is 1. The second-order valence-electron chi connectivity index (χ2n) is 14.1. The lowest BCUT2D eigenvalue weighted by molar-refractivity contribution is -0.0874. The van der Waals surface area contributed by atoms with E-state index >= 15 is 0 Å². The number of anilines is 2. The number of halogens is 1. The molecule has 8 rings (SSSR count). The van der Waals surface area contributed by atoms with Crippen LogP contribution in [0.2, 0.25) is 0 Å². The van der Waals surface area contributed by atoms with Crippen LogP contribution in [0.15, 0.2) is 18.2 Å². The SMILES string of the molecule is Cc1cc(C)n(C2CN(c3nc(OCC45CCCN4CC(F)C5)nc4c3COC3(CCC(C)c5ccc(N)c(C#N)c53)C4)C2)n1. The van der Waals surface area contributed by atoms with E-state index in [-0.39, 0.29) is 11.6 Å². The lowest BCUT2D eigenvalue weighted by Crippen LogP contribution is -2.50. The first-order chi connectivity index (χ1) is 21.7. The first-order valence-electron chi connectivity index (χ1n) is 16.3. The maximum absolute atomic E-state index is 14.5.